The standard InChI is InChI=1S/C48H64N8O16/c1-7-12-32(41(64)47(70)49-23-38(62)63)52-45(68)35-22-29(51-42(65)28-13-11-16-31(21-28)72-30-14-9-8-10-15-30)24-56(35)48(71)40(26(4)5)55-46(69)39(25(2)3)54-44(67)34(18-20-37(60)61)53-43(66)33(50-27(6)57)17-19-36(58)59/h8-11,13-16,21,25-26,29,32-35,39-40H,7,12,17-20,22-24H2,1-6H3,(H,49,70)(H,50,57)(H,51,65)(H,52,68)(H,53,66)(H,54,67)(H,55,69)(H,58,59)(H,60,61)(H,62,63)/t29-,32+,33+,34+,35+,39+,40+/m1/s1. The van der Waals surface area contributed by atoms with Gasteiger partial charge in [-0.3, -0.25) is 57.5 Å². The number of rotatable bonds is 28. The van der Waals surface area contributed by atoms with E-state index in [4.69, 9.17) is 14.9 Å². The molecule has 1 fully saturated rings. The molecule has 0 aromatic heterocycles. The Labute approximate surface area is 415 Å². The van der Waals surface area contributed by atoms with Crippen molar-refractivity contribution in [3.63, 3.8) is 0 Å². The molecule has 2 aromatic carbocycles. The lowest BCUT2D eigenvalue weighted by molar-refractivity contribution is -0.145. The zero-order valence-corrected chi connectivity index (χ0v) is 40.9. The summed E-state index contributed by atoms with van der Waals surface area (Å²) in [6.45, 7) is 7.85. The van der Waals surface area contributed by atoms with E-state index in [0.29, 0.717) is 11.5 Å². The highest BCUT2D eigenvalue weighted by molar-refractivity contribution is 6.38. The largest absolute Gasteiger partial charge is 0.481 e. The zero-order valence-electron chi connectivity index (χ0n) is 40.9. The molecule has 0 unspecified atom stereocenters. The van der Waals surface area contributed by atoms with Crippen LogP contribution in [0.15, 0.2) is 54.6 Å². The summed E-state index contributed by atoms with van der Waals surface area (Å²) in [6, 6.07) is 5.37. The number of carboxylic acid groups (broad SMARTS) is 3. The van der Waals surface area contributed by atoms with E-state index in [1.807, 2.05) is 5.32 Å². The van der Waals surface area contributed by atoms with E-state index in [9.17, 15) is 62.6 Å². The maximum Gasteiger partial charge on any atom is 0.322 e. The quantitative estimate of drug-likeness (QED) is 0.0510. The van der Waals surface area contributed by atoms with Gasteiger partial charge in [-0.2, -0.15) is 0 Å². The van der Waals surface area contributed by atoms with Gasteiger partial charge >= 0.3 is 17.9 Å². The van der Waals surface area contributed by atoms with Crippen molar-refractivity contribution in [3.8, 4) is 11.5 Å². The summed E-state index contributed by atoms with van der Waals surface area (Å²) >= 11 is 0. The van der Waals surface area contributed by atoms with Crippen molar-refractivity contribution in [1.82, 2.24) is 42.1 Å². The van der Waals surface area contributed by atoms with Gasteiger partial charge in [0, 0.05) is 37.9 Å². The monoisotopic (exact) mass is 1010 g/mol. The molecule has 8 amide bonds. The first-order valence-corrected chi connectivity index (χ1v) is 23.3. The molecule has 1 heterocycles. The lowest BCUT2D eigenvalue weighted by Gasteiger charge is -2.33. The molecule has 1 aliphatic heterocycles. The van der Waals surface area contributed by atoms with Crippen LogP contribution in [0.3, 0.4) is 0 Å². The molecular formula is C48H64N8O16. The molecule has 392 valence electrons. The minimum absolute atomic E-state index is 0.0538. The fourth-order valence-corrected chi connectivity index (χ4v) is 7.57. The number of Topliss-reactive ketones (excluding diaryl/α,β-unsaturated/α-hetero) is 1. The molecule has 3 rings (SSSR count). The highest BCUT2D eigenvalue weighted by Gasteiger charge is 2.45. The number of ether oxygens (including phenoxy) is 1. The number of ketones is 1. The Morgan fingerprint density at radius 2 is 1.22 bits per heavy atom. The van der Waals surface area contributed by atoms with E-state index >= 15 is 0 Å². The van der Waals surface area contributed by atoms with Gasteiger partial charge in [0.1, 0.15) is 48.3 Å². The van der Waals surface area contributed by atoms with Gasteiger partial charge in [-0.1, -0.05) is 65.3 Å². The number of amides is 8. The number of carboxylic acids is 3. The zero-order chi connectivity index (χ0) is 53.8. The second kappa shape index (κ2) is 28.1. The van der Waals surface area contributed by atoms with Crippen molar-refractivity contribution < 1.29 is 77.6 Å². The molecule has 0 saturated carbocycles. The second-order valence-corrected chi connectivity index (χ2v) is 17.8. The highest BCUT2D eigenvalue weighted by atomic mass is 16.5. The van der Waals surface area contributed by atoms with Crippen LogP contribution < -0.4 is 42.0 Å². The van der Waals surface area contributed by atoms with E-state index in [0.717, 1.165) is 11.8 Å². The molecule has 24 nitrogen and oxygen atoms in total. The number of carbonyl (C=O) groups excluding carboxylic acids is 9. The van der Waals surface area contributed by atoms with Crippen molar-refractivity contribution in [2.24, 2.45) is 11.8 Å². The molecule has 0 radical (unpaired) electrons. The normalized spacial score (nSPS) is 16.1. The van der Waals surface area contributed by atoms with Gasteiger partial charge in [0.2, 0.25) is 41.2 Å². The summed E-state index contributed by atoms with van der Waals surface area (Å²) in [5.74, 6) is -13.0. The summed E-state index contributed by atoms with van der Waals surface area (Å²) in [5, 5.41) is 44.7. The van der Waals surface area contributed by atoms with Crippen molar-refractivity contribution in [2.75, 3.05) is 13.1 Å². The van der Waals surface area contributed by atoms with E-state index in [1.165, 1.54) is 12.1 Å². The maximum absolute atomic E-state index is 14.7. The number of hydrogen-bond acceptors (Lipinski definition) is 13. The number of likely N-dealkylation sites (tertiary alicyclic amines) is 1. The van der Waals surface area contributed by atoms with E-state index < -0.39 is 151 Å². The van der Waals surface area contributed by atoms with Gasteiger partial charge in [-0.25, -0.2) is 0 Å². The first-order valence-electron chi connectivity index (χ1n) is 23.3. The van der Waals surface area contributed by atoms with Crippen LogP contribution in [-0.2, 0) is 52.7 Å². The molecule has 1 saturated heterocycles. The molecule has 72 heavy (non-hydrogen) atoms. The summed E-state index contributed by atoms with van der Waals surface area (Å²) in [7, 11) is 0. The van der Waals surface area contributed by atoms with Crippen molar-refractivity contribution >= 4 is 70.9 Å². The van der Waals surface area contributed by atoms with Crippen LogP contribution in [0.4, 0.5) is 0 Å². The highest BCUT2D eigenvalue weighted by Crippen LogP contribution is 2.25. The van der Waals surface area contributed by atoms with E-state index in [1.54, 1.807) is 77.1 Å². The number of nitrogens with one attached hydrogen (secondary N) is 7. The average Bonchev–Trinajstić information content (AvgIpc) is 3.74. The van der Waals surface area contributed by atoms with Gasteiger partial charge in [0.05, 0.1) is 6.04 Å². The molecule has 10 N–H and O–H groups in total. The van der Waals surface area contributed by atoms with Crippen LogP contribution >= 0.6 is 0 Å². The first-order chi connectivity index (χ1) is 33.9. The third kappa shape index (κ3) is 18.4. The Balaban J connectivity index is 1.94. The number of para-hydroxylation sites is 1. The number of hydrogen-bond donors (Lipinski definition) is 10. The third-order valence-electron chi connectivity index (χ3n) is 11.2. The van der Waals surface area contributed by atoms with Crippen LogP contribution in [0.2, 0.25) is 0 Å². The number of benzene rings is 2. The minimum Gasteiger partial charge on any atom is -0.481 e. The topological polar surface area (TPSA) is 362 Å². The molecule has 1 aliphatic rings. The first kappa shape index (κ1) is 58.4. The maximum atomic E-state index is 14.7. The smallest absolute Gasteiger partial charge is 0.322 e. The Hall–Kier alpha value is -7.92. The van der Waals surface area contributed by atoms with Gasteiger partial charge in [0.25, 0.3) is 11.8 Å². The fraction of sp³-hybridized carbons (Fsp3) is 0.500. The van der Waals surface area contributed by atoms with E-state index in [-0.39, 0.29) is 37.8 Å². The van der Waals surface area contributed by atoms with Crippen LogP contribution in [0.25, 0.3) is 0 Å². The lowest BCUT2D eigenvalue weighted by Crippen LogP contribution is -2.61. The van der Waals surface area contributed by atoms with Crippen LogP contribution in [0.1, 0.15) is 96.8 Å². The summed E-state index contributed by atoms with van der Waals surface area (Å²) in [6.07, 6.45) is -2.01. The predicted octanol–water partition coefficient (Wildman–Crippen LogP) is 0.234. The SMILES string of the molecule is CCC[C@H](NC(=O)[C@@H]1C[C@@H](NC(=O)c2cccc(Oc3ccccc3)c2)CN1C(=O)[C@@H](NC(=O)[C@@H](NC(=O)[C@H](CCC(=O)O)NC(=O)[C@H](CCC(=O)O)NC(C)=O)C(C)C)C(C)C)C(=O)C(=O)NCC(=O)O. The summed E-state index contributed by atoms with van der Waals surface area (Å²) in [4.78, 5) is 157. The Bertz CT molecular complexity index is 2330. The van der Waals surface area contributed by atoms with E-state index in [2.05, 4.69) is 31.9 Å². The molecule has 0 aliphatic carbocycles. The number of nitrogens with zero attached hydrogens (tertiary/aromatic N) is 1. The second-order valence-electron chi connectivity index (χ2n) is 17.8. The van der Waals surface area contributed by atoms with Gasteiger partial charge < -0.3 is 62.2 Å². The Morgan fingerprint density at radius 1 is 0.653 bits per heavy atom. The fourth-order valence-electron chi connectivity index (χ4n) is 7.57. The van der Waals surface area contributed by atoms with Crippen molar-refractivity contribution in [3.05, 3.63) is 60.2 Å². The van der Waals surface area contributed by atoms with Crippen LogP contribution in [-0.4, -0.2) is 147 Å². The molecule has 2 aromatic rings. The van der Waals surface area contributed by atoms with Crippen molar-refractivity contribution in [2.45, 2.75) is 129 Å². The van der Waals surface area contributed by atoms with Gasteiger partial charge in [-0.15, -0.1) is 0 Å². The lowest BCUT2D eigenvalue weighted by atomic mass is 9.98. The predicted molar refractivity (Wildman–Crippen MR) is 254 cm³/mol. The molecule has 0 spiro atoms. The Morgan fingerprint density at radius 3 is 1.78 bits per heavy atom. The van der Waals surface area contributed by atoms with Crippen LogP contribution in [0, 0.1) is 11.8 Å². The van der Waals surface area contributed by atoms with Crippen molar-refractivity contribution in [1.29, 1.82) is 0 Å². The van der Waals surface area contributed by atoms with Crippen LogP contribution in [0.5, 0.6) is 11.5 Å². The molecule has 0 bridgehead atoms. The third-order valence-corrected chi connectivity index (χ3v) is 11.2. The summed E-state index contributed by atoms with van der Waals surface area (Å²) < 4.78 is 5.87. The van der Waals surface area contributed by atoms with Gasteiger partial charge in [-0.05, 0) is 67.9 Å². The van der Waals surface area contributed by atoms with Gasteiger partial charge in [0.15, 0.2) is 0 Å². The Kier molecular flexibility index (Phi) is 22.8. The minimum atomic E-state index is -1.60. The summed E-state index contributed by atoms with van der Waals surface area (Å²) in [5.41, 5.74) is 0.166. The number of carbonyl (C=O) groups is 12. The molecular weight excluding hydrogens is 945 g/mol. The molecule has 7 atom stereocenters. The molecule has 24 heteroatoms. The number of aliphatic carboxylic acids is 3. The average molecular weight is 1010 g/mol.